The molecule has 0 amide bonds. The fourth-order valence-corrected chi connectivity index (χ4v) is 2.11. The van der Waals surface area contributed by atoms with E-state index in [4.69, 9.17) is 16.3 Å². The molecule has 0 saturated carbocycles. The maximum Gasteiger partial charge on any atom is 0.337 e. The van der Waals surface area contributed by atoms with E-state index < -0.39 is 0 Å². The summed E-state index contributed by atoms with van der Waals surface area (Å²) in [6, 6.07) is 6.75. The van der Waals surface area contributed by atoms with Gasteiger partial charge in [0.2, 0.25) is 5.90 Å². The van der Waals surface area contributed by atoms with Crippen molar-refractivity contribution < 1.29 is 9.53 Å². The second-order valence-corrected chi connectivity index (χ2v) is 5.08. The minimum absolute atomic E-state index is 0.260. The summed E-state index contributed by atoms with van der Waals surface area (Å²) in [7, 11) is 0. The van der Waals surface area contributed by atoms with Crippen LogP contribution in [-0.2, 0) is 9.53 Å². The third-order valence-corrected chi connectivity index (χ3v) is 3.32. The van der Waals surface area contributed by atoms with E-state index in [0.717, 1.165) is 17.7 Å². The average Bonchev–Trinajstić information content (AvgIpc) is 2.69. The molecule has 3 nitrogen and oxygen atoms in total. The summed E-state index contributed by atoms with van der Waals surface area (Å²) in [5.74, 6) is 1.04. The van der Waals surface area contributed by atoms with Crippen LogP contribution < -0.4 is 0 Å². The number of carbonyl (C=O) groups is 1. The number of hydrogen-bond donors (Lipinski definition) is 0. The number of ether oxygens (including phenoxy) is 1. The molecule has 0 saturated heterocycles. The SMILES string of the molecule is CSCCC1N=C(c2ccc(Cl)cc2)OC1=O. The lowest BCUT2D eigenvalue weighted by Gasteiger charge is -2.00. The first-order valence-corrected chi connectivity index (χ1v) is 7.02. The Morgan fingerprint density at radius 1 is 1.41 bits per heavy atom. The molecule has 1 heterocycles. The van der Waals surface area contributed by atoms with Crippen molar-refractivity contribution in [2.45, 2.75) is 12.5 Å². The van der Waals surface area contributed by atoms with Gasteiger partial charge in [0.15, 0.2) is 6.04 Å². The van der Waals surface area contributed by atoms with E-state index in [1.165, 1.54) is 0 Å². The Hall–Kier alpha value is -1.00. The summed E-state index contributed by atoms with van der Waals surface area (Å²) < 4.78 is 5.16. The predicted molar refractivity (Wildman–Crippen MR) is 70.9 cm³/mol. The largest absolute Gasteiger partial charge is 0.406 e. The van der Waals surface area contributed by atoms with Crippen LogP contribution in [0.5, 0.6) is 0 Å². The maximum absolute atomic E-state index is 11.6. The summed E-state index contributed by atoms with van der Waals surface area (Å²) in [6.45, 7) is 0. The number of rotatable bonds is 4. The molecule has 0 bridgehead atoms. The molecule has 0 aromatic heterocycles. The summed E-state index contributed by atoms with van der Waals surface area (Å²) >= 11 is 7.49. The first-order valence-electron chi connectivity index (χ1n) is 5.25. The molecule has 1 aromatic rings. The quantitative estimate of drug-likeness (QED) is 0.789. The van der Waals surface area contributed by atoms with E-state index in [9.17, 15) is 4.79 Å². The van der Waals surface area contributed by atoms with Crippen LogP contribution >= 0.6 is 23.4 Å². The topological polar surface area (TPSA) is 38.7 Å². The normalized spacial score (nSPS) is 19.1. The van der Waals surface area contributed by atoms with Gasteiger partial charge in [-0.2, -0.15) is 11.8 Å². The zero-order valence-electron chi connectivity index (χ0n) is 9.35. The molecule has 0 N–H and O–H groups in total. The molecule has 0 aliphatic carbocycles. The summed E-state index contributed by atoms with van der Waals surface area (Å²) in [5.41, 5.74) is 0.786. The van der Waals surface area contributed by atoms with Gasteiger partial charge in [0.1, 0.15) is 0 Å². The van der Waals surface area contributed by atoms with Gasteiger partial charge >= 0.3 is 5.97 Å². The van der Waals surface area contributed by atoms with E-state index >= 15 is 0 Å². The average molecular weight is 270 g/mol. The third kappa shape index (κ3) is 3.01. The van der Waals surface area contributed by atoms with Gasteiger partial charge in [0.05, 0.1) is 0 Å². The van der Waals surface area contributed by atoms with Crippen molar-refractivity contribution in [1.29, 1.82) is 0 Å². The van der Waals surface area contributed by atoms with Gasteiger partial charge in [-0.15, -0.1) is 0 Å². The highest BCUT2D eigenvalue weighted by Crippen LogP contribution is 2.18. The van der Waals surface area contributed by atoms with Crippen molar-refractivity contribution in [3.63, 3.8) is 0 Å². The number of thioether (sulfide) groups is 1. The highest BCUT2D eigenvalue weighted by molar-refractivity contribution is 7.98. The molecule has 1 unspecified atom stereocenters. The maximum atomic E-state index is 11.6. The molecular weight excluding hydrogens is 258 g/mol. The Balaban J connectivity index is 2.12. The van der Waals surface area contributed by atoms with Gasteiger partial charge in [0, 0.05) is 10.6 Å². The van der Waals surface area contributed by atoms with Crippen molar-refractivity contribution in [2.24, 2.45) is 4.99 Å². The Morgan fingerprint density at radius 3 is 2.76 bits per heavy atom. The van der Waals surface area contributed by atoms with Crippen LogP contribution in [0.1, 0.15) is 12.0 Å². The number of hydrogen-bond acceptors (Lipinski definition) is 4. The van der Waals surface area contributed by atoms with Crippen LogP contribution in [0.3, 0.4) is 0 Å². The number of benzene rings is 1. The molecule has 0 radical (unpaired) electrons. The van der Waals surface area contributed by atoms with Gasteiger partial charge in [-0.1, -0.05) is 11.6 Å². The van der Waals surface area contributed by atoms with E-state index in [2.05, 4.69) is 4.99 Å². The fraction of sp³-hybridized carbons (Fsp3) is 0.333. The number of halogens is 1. The molecule has 1 aliphatic rings. The van der Waals surface area contributed by atoms with Crippen LogP contribution in [0, 0.1) is 0 Å². The third-order valence-electron chi connectivity index (χ3n) is 2.43. The Morgan fingerprint density at radius 2 is 2.12 bits per heavy atom. The lowest BCUT2D eigenvalue weighted by molar-refractivity contribution is -0.134. The smallest absolute Gasteiger partial charge is 0.337 e. The van der Waals surface area contributed by atoms with Crippen LogP contribution in [-0.4, -0.2) is 29.9 Å². The zero-order valence-corrected chi connectivity index (χ0v) is 10.9. The molecular formula is C12H12ClNO2S. The Labute approximate surface area is 109 Å². The number of esters is 1. The van der Waals surface area contributed by atoms with Crippen molar-refractivity contribution >= 4 is 35.2 Å². The van der Waals surface area contributed by atoms with E-state index in [1.54, 1.807) is 36.0 Å². The molecule has 0 spiro atoms. The first kappa shape index (κ1) is 12.5. The van der Waals surface area contributed by atoms with Crippen molar-refractivity contribution in [3.8, 4) is 0 Å². The summed E-state index contributed by atoms with van der Waals surface area (Å²) in [4.78, 5) is 15.9. The Kier molecular flexibility index (Phi) is 4.07. The Bertz CT molecular complexity index is 444. The number of carbonyl (C=O) groups excluding carboxylic acids is 1. The molecule has 2 rings (SSSR count). The highest BCUT2D eigenvalue weighted by atomic mass is 35.5. The molecule has 1 atom stereocenters. The molecule has 17 heavy (non-hydrogen) atoms. The standard InChI is InChI=1S/C12H12ClNO2S/c1-17-7-6-10-12(15)16-11(14-10)8-2-4-9(13)5-3-8/h2-5,10H,6-7H2,1H3. The second kappa shape index (κ2) is 5.56. The molecule has 1 aliphatic heterocycles. The van der Waals surface area contributed by atoms with E-state index in [1.807, 2.05) is 6.26 Å². The fourth-order valence-electron chi connectivity index (χ4n) is 1.52. The van der Waals surface area contributed by atoms with Gasteiger partial charge in [-0.3, -0.25) is 0 Å². The summed E-state index contributed by atoms with van der Waals surface area (Å²) in [6.07, 6.45) is 2.72. The van der Waals surface area contributed by atoms with Gasteiger partial charge in [0.25, 0.3) is 0 Å². The minimum Gasteiger partial charge on any atom is -0.406 e. The molecule has 5 heteroatoms. The second-order valence-electron chi connectivity index (χ2n) is 3.66. The monoisotopic (exact) mass is 269 g/mol. The van der Waals surface area contributed by atoms with Gasteiger partial charge in [-0.25, -0.2) is 9.79 Å². The number of nitrogens with zero attached hydrogens (tertiary/aromatic N) is 1. The summed E-state index contributed by atoms with van der Waals surface area (Å²) in [5, 5.41) is 0.651. The van der Waals surface area contributed by atoms with Gasteiger partial charge < -0.3 is 4.74 Å². The van der Waals surface area contributed by atoms with Crippen molar-refractivity contribution in [3.05, 3.63) is 34.9 Å². The lowest BCUT2D eigenvalue weighted by atomic mass is 10.2. The van der Waals surface area contributed by atoms with Crippen molar-refractivity contribution in [2.75, 3.05) is 12.0 Å². The number of aliphatic imine (C=N–C) groups is 1. The zero-order chi connectivity index (χ0) is 12.3. The first-order chi connectivity index (χ1) is 8.20. The highest BCUT2D eigenvalue weighted by Gasteiger charge is 2.29. The molecule has 90 valence electrons. The lowest BCUT2D eigenvalue weighted by Crippen LogP contribution is -2.15. The molecule has 1 aromatic carbocycles. The minimum atomic E-state index is -0.354. The van der Waals surface area contributed by atoms with Gasteiger partial charge in [-0.05, 0) is 42.7 Å². The van der Waals surface area contributed by atoms with Crippen LogP contribution in [0.25, 0.3) is 0 Å². The van der Waals surface area contributed by atoms with E-state index in [-0.39, 0.29) is 12.0 Å². The van der Waals surface area contributed by atoms with Crippen LogP contribution in [0.15, 0.2) is 29.3 Å². The molecule has 0 fully saturated rings. The van der Waals surface area contributed by atoms with Crippen LogP contribution in [0.4, 0.5) is 0 Å². The van der Waals surface area contributed by atoms with E-state index in [0.29, 0.717) is 10.9 Å². The van der Waals surface area contributed by atoms with Crippen LogP contribution in [0.2, 0.25) is 5.02 Å². The van der Waals surface area contributed by atoms with Crippen molar-refractivity contribution in [1.82, 2.24) is 0 Å². The number of cyclic esters (lactones) is 1. The predicted octanol–water partition coefficient (Wildman–Crippen LogP) is 2.77.